The summed E-state index contributed by atoms with van der Waals surface area (Å²) in [6, 6.07) is 10.4. The molecular formula is C18H21N5O2S. The van der Waals surface area contributed by atoms with E-state index in [1.54, 1.807) is 34.8 Å². The lowest BCUT2D eigenvalue weighted by molar-refractivity contribution is 0.576. The molecule has 0 spiro atoms. The van der Waals surface area contributed by atoms with Crippen molar-refractivity contribution in [3.63, 3.8) is 0 Å². The molecule has 26 heavy (non-hydrogen) atoms. The molecule has 0 saturated carbocycles. The summed E-state index contributed by atoms with van der Waals surface area (Å²) in [5, 5.41) is 7.93. The molecule has 2 aromatic heterocycles. The van der Waals surface area contributed by atoms with Gasteiger partial charge in [0, 0.05) is 37.6 Å². The number of rotatable bonds is 3. The van der Waals surface area contributed by atoms with Crippen LogP contribution < -0.4 is 10.2 Å². The Morgan fingerprint density at radius 3 is 2.46 bits per heavy atom. The van der Waals surface area contributed by atoms with Gasteiger partial charge in [-0.2, -0.15) is 0 Å². The van der Waals surface area contributed by atoms with Crippen LogP contribution in [0.5, 0.6) is 0 Å². The Kier molecular flexibility index (Phi) is 4.16. The van der Waals surface area contributed by atoms with Crippen molar-refractivity contribution in [2.75, 3.05) is 31.1 Å². The first-order chi connectivity index (χ1) is 12.5. The van der Waals surface area contributed by atoms with E-state index >= 15 is 0 Å². The number of benzene rings is 1. The van der Waals surface area contributed by atoms with Crippen LogP contribution in [0.2, 0.25) is 0 Å². The van der Waals surface area contributed by atoms with Gasteiger partial charge in [0.15, 0.2) is 16.4 Å². The Bertz CT molecular complexity index is 1050. The van der Waals surface area contributed by atoms with Crippen LogP contribution in [0.25, 0.3) is 5.65 Å². The lowest BCUT2D eigenvalue weighted by Gasteiger charge is -2.27. The van der Waals surface area contributed by atoms with Crippen molar-refractivity contribution in [2.45, 2.75) is 23.6 Å². The van der Waals surface area contributed by atoms with Crippen LogP contribution in [0.4, 0.5) is 5.82 Å². The quantitative estimate of drug-likeness (QED) is 0.753. The molecule has 0 radical (unpaired) electrons. The molecule has 1 aromatic carbocycles. The van der Waals surface area contributed by atoms with Crippen LogP contribution in [0.15, 0.2) is 46.2 Å². The van der Waals surface area contributed by atoms with E-state index in [4.69, 9.17) is 0 Å². The molecule has 1 fully saturated rings. The molecule has 3 aromatic rings. The average Bonchev–Trinajstić information content (AvgIpc) is 3.04. The number of nitrogens with one attached hydrogen (secondary N) is 1. The normalized spacial score (nSPS) is 15.5. The third kappa shape index (κ3) is 2.75. The summed E-state index contributed by atoms with van der Waals surface area (Å²) in [4.78, 5) is 7.00. The summed E-state index contributed by atoms with van der Waals surface area (Å²) in [5.74, 6) is 0.483. The molecule has 0 atom stereocenters. The van der Waals surface area contributed by atoms with E-state index in [0.29, 0.717) is 24.6 Å². The molecule has 136 valence electrons. The van der Waals surface area contributed by atoms with E-state index in [2.05, 4.69) is 15.4 Å². The van der Waals surface area contributed by atoms with Crippen molar-refractivity contribution in [1.29, 1.82) is 0 Å². The van der Waals surface area contributed by atoms with Gasteiger partial charge in [-0.05, 0) is 32.0 Å². The summed E-state index contributed by atoms with van der Waals surface area (Å²) in [5.41, 5.74) is 2.02. The lowest BCUT2D eigenvalue weighted by atomic mass is 10.3. The van der Waals surface area contributed by atoms with Crippen molar-refractivity contribution < 1.29 is 8.42 Å². The molecule has 4 rings (SSSR count). The van der Waals surface area contributed by atoms with Crippen molar-refractivity contribution in [1.82, 2.24) is 19.9 Å². The van der Waals surface area contributed by atoms with Crippen LogP contribution in [-0.2, 0) is 9.84 Å². The van der Waals surface area contributed by atoms with Gasteiger partial charge in [-0.15, -0.1) is 5.10 Å². The van der Waals surface area contributed by atoms with Crippen molar-refractivity contribution >= 4 is 21.3 Å². The zero-order valence-electron chi connectivity index (χ0n) is 14.8. The zero-order valence-corrected chi connectivity index (χ0v) is 15.6. The first-order valence-electron chi connectivity index (χ1n) is 8.61. The summed E-state index contributed by atoms with van der Waals surface area (Å²) >= 11 is 0. The maximum absolute atomic E-state index is 13.5. The van der Waals surface area contributed by atoms with Gasteiger partial charge in [0.05, 0.1) is 4.90 Å². The molecule has 7 nitrogen and oxygen atoms in total. The Morgan fingerprint density at radius 1 is 1.08 bits per heavy atom. The average molecular weight is 371 g/mol. The standard InChI is InChI=1S/C18H21N5O2S/c1-13-12-14(2)23-17(20-13)16(18(21-23)22-10-8-19-9-11-22)26(24,25)15-6-4-3-5-7-15/h3-7,12,19H,8-11H2,1-2H3. The highest BCUT2D eigenvalue weighted by Gasteiger charge is 2.32. The lowest BCUT2D eigenvalue weighted by Crippen LogP contribution is -2.44. The molecule has 0 amide bonds. The SMILES string of the molecule is Cc1cc(C)n2nc(N3CCNCC3)c(S(=O)(=O)c3ccccc3)c2n1. The molecule has 1 N–H and O–H groups in total. The van der Waals surface area contributed by atoms with Gasteiger partial charge >= 0.3 is 0 Å². The molecule has 1 saturated heterocycles. The van der Waals surface area contributed by atoms with Crippen LogP contribution in [0, 0.1) is 13.8 Å². The Hall–Kier alpha value is -2.45. The molecular weight excluding hydrogens is 350 g/mol. The van der Waals surface area contributed by atoms with Crippen LogP contribution >= 0.6 is 0 Å². The van der Waals surface area contributed by atoms with Gasteiger partial charge < -0.3 is 10.2 Å². The molecule has 0 aliphatic carbocycles. The fourth-order valence-corrected chi connectivity index (χ4v) is 4.87. The van der Waals surface area contributed by atoms with E-state index < -0.39 is 9.84 Å². The van der Waals surface area contributed by atoms with E-state index in [-0.39, 0.29) is 9.79 Å². The van der Waals surface area contributed by atoms with E-state index in [1.807, 2.05) is 24.8 Å². The Balaban J connectivity index is 2.02. The van der Waals surface area contributed by atoms with Gasteiger partial charge in [-0.3, -0.25) is 0 Å². The maximum atomic E-state index is 13.5. The van der Waals surface area contributed by atoms with Crippen molar-refractivity contribution in [3.05, 3.63) is 47.8 Å². The summed E-state index contributed by atoms with van der Waals surface area (Å²) in [6.07, 6.45) is 0. The molecule has 3 heterocycles. The van der Waals surface area contributed by atoms with E-state index in [0.717, 1.165) is 24.5 Å². The first-order valence-corrected chi connectivity index (χ1v) is 10.1. The largest absolute Gasteiger partial charge is 0.351 e. The number of aryl methyl sites for hydroxylation is 2. The fourth-order valence-electron chi connectivity index (χ4n) is 3.33. The number of nitrogens with zero attached hydrogens (tertiary/aromatic N) is 4. The highest BCUT2D eigenvalue weighted by molar-refractivity contribution is 7.91. The Morgan fingerprint density at radius 2 is 1.77 bits per heavy atom. The number of hydrogen-bond donors (Lipinski definition) is 1. The highest BCUT2D eigenvalue weighted by Crippen LogP contribution is 2.33. The third-order valence-electron chi connectivity index (χ3n) is 4.57. The van der Waals surface area contributed by atoms with Crippen LogP contribution in [0.3, 0.4) is 0 Å². The minimum Gasteiger partial charge on any atom is -0.351 e. The second-order valence-corrected chi connectivity index (χ2v) is 8.37. The second kappa shape index (κ2) is 6.37. The highest BCUT2D eigenvalue weighted by atomic mass is 32.2. The smallest absolute Gasteiger partial charge is 0.214 e. The van der Waals surface area contributed by atoms with Gasteiger partial charge in [0.1, 0.15) is 0 Å². The number of hydrogen-bond acceptors (Lipinski definition) is 6. The number of anilines is 1. The zero-order chi connectivity index (χ0) is 18.3. The molecule has 0 bridgehead atoms. The topological polar surface area (TPSA) is 79.6 Å². The number of sulfone groups is 1. The van der Waals surface area contributed by atoms with E-state index in [1.165, 1.54) is 0 Å². The van der Waals surface area contributed by atoms with Gasteiger partial charge in [0.25, 0.3) is 0 Å². The molecule has 1 aliphatic rings. The van der Waals surface area contributed by atoms with Crippen molar-refractivity contribution in [3.8, 4) is 0 Å². The minimum atomic E-state index is -3.74. The van der Waals surface area contributed by atoms with Gasteiger partial charge in [0.2, 0.25) is 9.84 Å². The third-order valence-corrected chi connectivity index (χ3v) is 6.37. The monoisotopic (exact) mass is 371 g/mol. The fraction of sp³-hybridized carbons (Fsp3) is 0.333. The summed E-state index contributed by atoms with van der Waals surface area (Å²) in [6.45, 7) is 6.78. The number of piperazine rings is 1. The second-order valence-electron chi connectivity index (χ2n) is 6.48. The number of aromatic nitrogens is 3. The van der Waals surface area contributed by atoms with Gasteiger partial charge in [-0.25, -0.2) is 17.9 Å². The van der Waals surface area contributed by atoms with E-state index in [9.17, 15) is 8.42 Å². The van der Waals surface area contributed by atoms with Crippen LogP contribution in [0.1, 0.15) is 11.4 Å². The van der Waals surface area contributed by atoms with Gasteiger partial charge in [-0.1, -0.05) is 18.2 Å². The van der Waals surface area contributed by atoms with Crippen LogP contribution in [-0.4, -0.2) is 49.2 Å². The molecule has 0 unspecified atom stereocenters. The molecule has 1 aliphatic heterocycles. The maximum Gasteiger partial charge on any atom is 0.214 e. The predicted octanol–water partition coefficient (Wildman–Crippen LogP) is 1.59. The summed E-state index contributed by atoms with van der Waals surface area (Å²) < 4.78 is 28.6. The van der Waals surface area contributed by atoms with Crippen molar-refractivity contribution in [2.24, 2.45) is 0 Å². The predicted molar refractivity (Wildman–Crippen MR) is 99.4 cm³/mol. The number of fused-ring (bicyclic) bond motifs is 1. The minimum absolute atomic E-state index is 0.192. The Labute approximate surface area is 152 Å². The summed E-state index contributed by atoms with van der Waals surface area (Å²) in [7, 11) is -3.74. The molecule has 8 heteroatoms. The first kappa shape index (κ1) is 17.0.